The van der Waals surface area contributed by atoms with Crippen LogP contribution in [0.5, 0.6) is 0 Å². The lowest BCUT2D eigenvalue weighted by molar-refractivity contribution is -0.146. The molecule has 0 spiro atoms. The minimum Gasteiger partial charge on any atom is -0.460 e. The van der Waals surface area contributed by atoms with Crippen LogP contribution in [0.1, 0.15) is 27.7 Å². The van der Waals surface area contributed by atoms with E-state index in [-0.39, 0.29) is 19.4 Å². The first-order valence-corrected chi connectivity index (χ1v) is 5.29. The summed E-state index contributed by atoms with van der Waals surface area (Å²) in [5, 5.41) is 0. The number of hydrogen-bond acceptors (Lipinski definition) is 4. The number of amides is 1. The van der Waals surface area contributed by atoms with E-state index < -0.39 is 17.4 Å². The molecule has 96 valence electrons. The summed E-state index contributed by atoms with van der Waals surface area (Å²) >= 11 is 0. The highest BCUT2D eigenvalue weighted by atomic mass is 16.5. The third-order valence-corrected chi connectivity index (χ3v) is 2.07. The van der Waals surface area contributed by atoms with Gasteiger partial charge >= 0.3 is 5.97 Å². The van der Waals surface area contributed by atoms with E-state index in [4.69, 9.17) is 4.74 Å². The summed E-state index contributed by atoms with van der Waals surface area (Å²) < 4.78 is 4.88. The number of nitrogens with zero attached hydrogens (tertiary/aromatic N) is 1. The first-order chi connectivity index (χ1) is 7.70. The zero-order chi connectivity index (χ0) is 13.6. The third kappa shape index (κ3) is 5.29. The summed E-state index contributed by atoms with van der Waals surface area (Å²) in [5.74, 6) is -1.12. The number of carbonyl (C=O) groups excluding carboxylic acids is 3. The van der Waals surface area contributed by atoms with E-state index in [2.05, 4.69) is 6.58 Å². The van der Waals surface area contributed by atoms with E-state index in [1.54, 1.807) is 27.7 Å². The van der Waals surface area contributed by atoms with Crippen LogP contribution in [0.2, 0.25) is 0 Å². The van der Waals surface area contributed by atoms with Crippen LogP contribution < -0.4 is 0 Å². The van der Waals surface area contributed by atoms with Gasteiger partial charge in [0.1, 0.15) is 6.61 Å². The highest BCUT2D eigenvalue weighted by Crippen LogP contribution is 2.12. The van der Waals surface area contributed by atoms with Crippen molar-refractivity contribution in [3.8, 4) is 0 Å². The molecule has 0 unspecified atom stereocenters. The van der Waals surface area contributed by atoms with Gasteiger partial charge in [0.2, 0.25) is 6.29 Å². The molecule has 0 radical (unpaired) electrons. The molecule has 0 saturated heterocycles. The molecule has 0 aliphatic heterocycles. The number of rotatable bonds is 5. The molecule has 0 atom stereocenters. The molecule has 0 aromatic carbocycles. The smallest absolute Gasteiger partial charge is 0.333 e. The first-order valence-electron chi connectivity index (χ1n) is 5.29. The van der Waals surface area contributed by atoms with Gasteiger partial charge < -0.3 is 9.64 Å². The molecule has 0 aliphatic carbocycles. The zero-order valence-corrected chi connectivity index (χ0v) is 10.8. The minimum atomic E-state index is -0.621. The van der Waals surface area contributed by atoms with Gasteiger partial charge in [-0.05, 0) is 27.7 Å². The maximum atomic E-state index is 11.4. The zero-order valence-electron chi connectivity index (χ0n) is 10.8. The van der Waals surface area contributed by atoms with Crippen LogP contribution in [-0.4, -0.2) is 41.8 Å². The van der Waals surface area contributed by atoms with Crippen LogP contribution in [-0.2, 0) is 19.1 Å². The predicted octanol–water partition coefficient (Wildman–Crippen LogP) is 0.932. The average molecular weight is 241 g/mol. The molecular weight excluding hydrogens is 222 g/mol. The molecular formula is C12H19NO4. The van der Waals surface area contributed by atoms with Crippen LogP contribution in [0.3, 0.4) is 0 Å². The number of carbonyl (C=O) groups is 3. The Bertz CT molecular complexity index is 328. The normalized spacial score (nSPS) is 10.6. The lowest BCUT2D eigenvalue weighted by Crippen LogP contribution is -2.48. The van der Waals surface area contributed by atoms with Crippen molar-refractivity contribution in [3.05, 3.63) is 12.2 Å². The predicted molar refractivity (Wildman–Crippen MR) is 63.3 cm³/mol. The Balaban J connectivity index is 4.39. The lowest BCUT2D eigenvalue weighted by atomic mass is 10.1. The Morgan fingerprint density at radius 2 is 1.88 bits per heavy atom. The highest BCUT2D eigenvalue weighted by Gasteiger charge is 2.25. The van der Waals surface area contributed by atoms with Gasteiger partial charge in [-0.25, -0.2) is 4.79 Å². The van der Waals surface area contributed by atoms with Gasteiger partial charge in [-0.3, -0.25) is 9.59 Å². The fourth-order valence-electron chi connectivity index (χ4n) is 1.19. The van der Waals surface area contributed by atoms with Crippen molar-refractivity contribution in [2.24, 2.45) is 0 Å². The minimum absolute atomic E-state index is 0.0442. The highest BCUT2D eigenvalue weighted by molar-refractivity contribution is 6.23. The average Bonchev–Trinajstić information content (AvgIpc) is 2.21. The topological polar surface area (TPSA) is 63.7 Å². The molecule has 0 aliphatic rings. The Morgan fingerprint density at radius 1 is 1.35 bits per heavy atom. The molecule has 0 saturated carbocycles. The Labute approximate surface area is 101 Å². The van der Waals surface area contributed by atoms with Crippen LogP contribution in [0.15, 0.2) is 12.2 Å². The van der Waals surface area contributed by atoms with Crippen molar-refractivity contribution in [1.82, 2.24) is 4.90 Å². The molecule has 5 nitrogen and oxygen atoms in total. The number of ether oxygens (including phenoxy) is 1. The van der Waals surface area contributed by atoms with E-state index in [9.17, 15) is 14.4 Å². The van der Waals surface area contributed by atoms with E-state index >= 15 is 0 Å². The van der Waals surface area contributed by atoms with Gasteiger partial charge in [0.15, 0.2) is 0 Å². The molecule has 0 heterocycles. The second kappa shape index (κ2) is 6.18. The van der Waals surface area contributed by atoms with Gasteiger partial charge in [0.25, 0.3) is 5.91 Å². The largest absolute Gasteiger partial charge is 0.460 e. The van der Waals surface area contributed by atoms with Crippen LogP contribution in [0.25, 0.3) is 0 Å². The fourth-order valence-corrected chi connectivity index (χ4v) is 1.19. The maximum absolute atomic E-state index is 11.4. The van der Waals surface area contributed by atoms with Crippen molar-refractivity contribution < 1.29 is 19.1 Å². The van der Waals surface area contributed by atoms with Crippen molar-refractivity contribution in [3.63, 3.8) is 0 Å². The number of aldehydes is 1. The van der Waals surface area contributed by atoms with Gasteiger partial charge in [-0.15, -0.1) is 0 Å². The maximum Gasteiger partial charge on any atom is 0.333 e. The van der Waals surface area contributed by atoms with Gasteiger partial charge in [0, 0.05) is 11.1 Å². The molecule has 0 rings (SSSR count). The molecule has 5 heteroatoms. The van der Waals surface area contributed by atoms with Crippen LogP contribution in [0, 0.1) is 0 Å². The summed E-state index contributed by atoms with van der Waals surface area (Å²) in [5.41, 5.74) is -0.192. The first kappa shape index (κ1) is 15.3. The second-order valence-corrected chi connectivity index (χ2v) is 4.69. The molecule has 1 amide bonds. The molecule has 17 heavy (non-hydrogen) atoms. The fraction of sp³-hybridized carbons (Fsp3) is 0.583. The van der Waals surface area contributed by atoms with Gasteiger partial charge in [-0.1, -0.05) is 6.58 Å². The molecule has 0 aromatic rings. The second-order valence-electron chi connectivity index (χ2n) is 4.69. The summed E-state index contributed by atoms with van der Waals surface area (Å²) in [7, 11) is 0. The molecule has 0 fully saturated rings. The monoisotopic (exact) mass is 241 g/mol. The Morgan fingerprint density at radius 3 is 2.24 bits per heavy atom. The lowest BCUT2D eigenvalue weighted by Gasteiger charge is -2.34. The van der Waals surface area contributed by atoms with Crippen molar-refractivity contribution in [1.29, 1.82) is 0 Å². The summed E-state index contributed by atoms with van der Waals surface area (Å²) in [6.07, 6.45) is 0.256. The standard InChI is InChI=1S/C12H19NO4/c1-9(2)11(16)17-7-6-13(10(15)8-14)12(3,4)5/h8H,1,6-7H2,2-5H3. The molecule has 0 bridgehead atoms. The van der Waals surface area contributed by atoms with E-state index in [0.717, 1.165) is 0 Å². The van der Waals surface area contributed by atoms with Crippen LogP contribution >= 0.6 is 0 Å². The van der Waals surface area contributed by atoms with E-state index in [0.29, 0.717) is 5.57 Å². The SMILES string of the molecule is C=C(C)C(=O)OCCN(C(=O)C=O)C(C)(C)C. The molecule has 0 aromatic heterocycles. The summed E-state index contributed by atoms with van der Waals surface area (Å²) in [4.78, 5) is 34.3. The van der Waals surface area contributed by atoms with Crippen molar-refractivity contribution >= 4 is 18.2 Å². The van der Waals surface area contributed by atoms with Gasteiger partial charge in [0.05, 0.1) is 6.54 Å². The Kier molecular flexibility index (Phi) is 5.58. The summed E-state index contributed by atoms with van der Waals surface area (Å²) in [6, 6.07) is 0. The van der Waals surface area contributed by atoms with E-state index in [1.807, 2.05) is 0 Å². The number of hydrogen-bond donors (Lipinski definition) is 0. The van der Waals surface area contributed by atoms with E-state index in [1.165, 1.54) is 4.90 Å². The van der Waals surface area contributed by atoms with Gasteiger partial charge in [-0.2, -0.15) is 0 Å². The van der Waals surface area contributed by atoms with Crippen molar-refractivity contribution in [2.45, 2.75) is 33.2 Å². The third-order valence-electron chi connectivity index (χ3n) is 2.07. The van der Waals surface area contributed by atoms with Crippen molar-refractivity contribution in [2.75, 3.05) is 13.2 Å². The quantitative estimate of drug-likeness (QED) is 0.311. The number of esters is 1. The summed E-state index contributed by atoms with van der Waals surface area (Å²) in [6.45, 7) is 10.6. The Hall–Kier alpha value is -1.65. The van der Waals surface area contributed by atoms with Crippen LogP contribution in [0.4, 0.5) is 0 Å². The molecule has 0 N–H and O–H groups in total.